The minimum atomic E-state index is -1.09. The van der Waals surface area contributed by atoms with E-state index in [0.29, 0.717) is 5.75 Å². The first-order valence-corrected chi connectivity index (χ1v) is 12.0. The summed E-state index contributed by atoms with van der Waals surface area (Å²) in [4.78, 5) is 41.0. The molecule has 0 aliphatic rings. The first-order chi connectivity index (χ1) is 18.7. The zero-order valence-corrected chi connectivity index (χ0v) is 21.9. The summed E-state index contributed by atoms with van der Waals surface area (Å²) in [5.74, 6) is -1.96. The quantitative estimate of drug-likeness (QED) is 0.268. The monoisotopic (exact) mass is 540 g/mol. The lowest BCUT2D eigenvalue weighted by molar-refractivity contribution is -0.155. The number of ether oxygens (including phenoxy) is 5. The average Bonchev–Trinajstić information content (AvgIpc) is 2.92. The number of methoxy groups -OCH3 is 1. The molecule has 3 rings (SSSR count). The molecule has 1 N–H and O–H groups in total. The van der Waals surface area contributed by atoms with Gasteiger partial charge in [0.25, 0.3) is 5.91 Å². The van der Waals surface area contributed by atoms with Gasteiger partial charge in [-0.3, -0.25) is 9.59 Å². The SMILES string of the molecule is COc1ccnc(C(=O)N[C@@H](C)C(=O)O[C@@H](C)[C@H](Oc2ccc(F)cc2)c2ccccc2)c1OCOC(C)=O. The molecule has 39 heavy (non-hydrogen) atoms. The van der Waals surface area contributed by atoms with Gasteiger partial charge < -0.3 is 29.0 Å². The molecule has 3 atom stereocenters. The number of amides is 1. The van der Waals surface area contributed by atoms with Crippen LogP contribution in [0.25, 0.3) is 0 Å². The van der Waals surface area contributed by atoms with Crippen LogP contribution in [0.2, 0.25) is 0 Å². The molecule has 0 bridgehead atoms. The summed E-state index contributed by atoms with van der Waals surface area (Å²) in [7, 11) is 1.37. The molecule has 11 heteroatoms. The highest BCUT2D eigenvalue weighted by Crippen LogP contribution is 2.30. The van der Waals surface area contributed by atoms with Crippen molar-refractivity contribution in [2.24, 2.45) is 0 Å². The van der Waals surface area contributed by atoms with Crippen molar-refractivity contribution in [3.63, 3.8) is 0 Å². The van der Waals surface area contributed by atoms with Crippen molar-refractivity contribution < 1.29 is 42.5 Å². The van der Waals surface area contributed by atoms with E-state index in [9.17, 15) is 18.8 Å². The van der Waals surface area contributed by atoms with Crippen LogP contribution in [0, 0.1) is 5.82 Å². The topological polar surface area (TPSA) is 122 Å². The Bertz CT molecular complexity index is 1270. The molecule has 0 unspecified atom stereocenters. The molecule has 0 saturated carbocycles. The van der Waals surface area contributed by atoms with E-state index in [0.717, 1.165) is 5.56 Å². The van der Waals surface area contributed by atoms with Gasteiger partial charge in [0, 0.05) is 19.2 Å². The number of halogens is 1. The second kappa shape index (κ2) is 13.8. The van der Waals surface area contributed by atoms with E-state index in [4.69, 9.17) is 23.7 Å². The van der Waals surface area contributed by atoms with E-state index in [2.05, 4.69) is 10.3 Å². The summed E-state index contributed by atoms with van der Waals surface area (Å²) in [6, 6.07) is 15.0. The van der Waals surface area contributed by atoms with Crippen molar-refractivity contribution in [1.29, 1.82) is 0 Å². The van der Waals surface area contributed by atoms with Crippen molar-refractivity contribution in [3.8, 4) is 17.2 Å². The number of benzene rings is 2. The third kappa shape index (κ3) is 8.16. The van der Waals surface area contributed by atoms with Gasteiger partial charge in [-0.25, -0.2) is 14.2 Å². The largest absolute Gasteiger partial charge is 0.493 e. The standard InChI is InChI=1S/C28H29FN2O8/c1-17(31-27(33)24-26(37-16-36-19(3)32)23(35-4)14-15-30-24)28(34)38-18(2)25(20-8-6-5-7-9-20)39-22-12-10-21(29)11-13-22/h5-15,17-18,25H,16H2,1-4H3,(H,31,33)/t17-,18-,25-/m0/s1. The fourth-order valence-electron chi connectivity index (χ4n) is 3.47. The molecule has 1 aromatic heterocycles. The van der Waals surface area contributed by atoms with Gasteiger partial charge in [-0.1, -0.05) is 30.3 Å². The Hall–Kier alpha value is -4.67. The van der Waals surface area contributed by atoms with Crippen LogP contribution in [0.15, 0.2) is 66.9 Å². The van der Waals surface area contributed by atoms with Gasteiger partial charge in [0.15, 0.2) is 23.3 Å². The second-order valence-electron chi connectivity index (χ2n) is 8.33. The number of nitrogens with zero attached hydrogens (tertiary/aromatic N) is 1. The number of hydrogen-bond acceptors (Lipinski definition) is 9. The molecule has 206 valence electrons. The minimum Gasteiger partial charge on any atom is -0.493 e. The highest BCUT2D eigenvalue weighted by Gasteiger charge is 2.29. The van der Waals surface area contributed by atoms with Crippen molar-refractivity contribution >= 4 is 17.8 Å². The molecule has 0 radical (unpaired) electrons. The Morgan fingerprint density at radius 2 is 1.69 bits per heavy atom. The number of hydrogen-bond donors (Lipinski definition) is 1. The highest BCUT2D eigenvalue weighted by molar-refractivity contribution is 5.98. The van der Waals surface area contributed by atoms with Crippen molar-refractivity contribution in [2.45, 2.75) is 39.0 Å². The molecule has 1 amide bonds. The van der Waals surface area contributed by atoms with Gasteiger partial charge in [0.1, 0.15) is 23.7 Å². The lowest BCUT2D eigenvalue weighted by Crippen LogP contribution is -2.42. The van der Waals surface area contributed by atoms with E-state index in [1.165, 1.54) is 57.5 Å². The normalized spacial score (nSPS) is 12.8. The average molecular weight is 541 g/mol. The second-order valence-corrected chi connectivity index (χ2v) is 8.33. The van der Waals surface area contributed by atoms with Crippen molar-refractivity contribution in [1.82, 2.24) is 10.3 Å². The molecule has 0 saturated heterocycles. The molecular formula is C28H29FN2O8. The van der Waals surface area contributed by atoms with Crippen LogP contribution in [0.1, 0.15) is 42.9 Å². The molecular weight excluding hydrogens is 511 g/mol. The molecule has 0 aliphatic heterocycles. The van der Waals surface area contributed by atoms with Gasteiger partial charge in [0.05, 0.1) is 7.11 Å². The number of carbonyl (C=O) groups is 3. The third-order valence-electron chi connectivity index (χ3n) is 5.40. The van der Waals surface area contributed by atoms with Crippen LogP contribution < -0.4 is 19.5 Å². The van der Waals surface area contributed by atoms with Crippen LogP contribution in [-0.2, 0) is 19.1 Å². The minimum absolute atomic E-state index is 0.0653. The summed E-state index contributed by atoms with van der Waals surface area (Å²) in [6.07, 6.45) is -0.180. The molecule has 0 aliphatic carbocycles. The zero-order chi connectivity index (χ0) is 28.4. The first-order valence-electron chi connectivity index (χ1n) is 12.0. The number of esters is 2. The van der Waals surface area contributed by atoms with E-state index in [1.807, 2.05) is 30.3 Å². The van der Waals surface area contributed by atoms with Gasteiger partial charge >= 0.3 is 11.9 Å². The van der Waals surface area contributed by atoms with Gasteiger partial charge in [0.2, 0.25) is 6.79 Å². The fraction of sp³-hybridized carbons (Fsp3) is 0.286. The highest BCUT2D eigenvalue weighted by atomic mass is 19.1. The molecule has 3 aromatic rings. The Morgan fingerprint density at radius 1 is 1.00 bits per heavy atom. The number of aromatic nitrogens is 1. The Balaban J connectivity index is 1.71. The van der Waals surface area contributed by atoms with E-state index in [1.54, 1.807) is 6.92 Å². The molecule has 2 aromatic carbocycles. The van der Waals surface area contributed by atoms with E-state index in [-0.39, 0.29) is 17.2 Å². The van der Waals surface area contributed by atoms with Crippen LogP contribution >= 0.6 is 0 Å². The first kappa shape index (κ1) is 28.9. The van der Waals surface area contributed by atoms with Crippen LogP contribution in [0.4, 0.5) is 4.39 Å². The Morgan fingerprint density at radius 3 is 2.33 bits per heavy atom. The summed E-state index contributed by atoms with van der Waals surface area (Å²) in [5, 5.41) is 2.53. The van der Waals surface area contributed by atoms with E-state index >= 15 is 0 Å². The molecule has 0 spiro atoms. The number of rotatable bonds is 12. The lowest BCUT2D eigenvalue weighted by Gasteiger charge is -2.27. The molecule has 10 nitrogen and oxygen atoms in total. The van der Waals surface area contributed by atoms with Crippen LogP contribution in [0.3, 0.4) is 0 Å². The number of pyridine rings is 1. The fourth-order valence-corrected chi connectivity index (χ4v) is 3.47. The Kier molecular flexibility index (Phi) is 10.2. The molecule has 1 heterocycles. The van der Waals surface area contributed by atoms with Gasteiger partial charge in [-0.2, -0.15) is 0 Å². The van der Waals surface area contributed by atoms with Crippen molar-refractivity contribution in [2.75, 3.05) is 13.9 Å². The Labute approximate surface area is 225 Å². The van der Waals surface area contributed by atoms with Crippen LogP contribution in [-0.4, -0.2) is 48.9 Å². The zero-order valence-electron chi connectivity index (χ0n) is 21.9. The number of carbonyl (C=O) groups excluding carboxylic acids is 3. The van der Waals surface area contributed by atoms with E-state index < -0.39 is 48.7 Å². The maximum absolute atomic E-state index is 13.4. The summed E-state index contributed by atoms with van der Waals surface area (Å²) < 4.78 is 40.4. The predicted molar refractivity (Wildman–Crippen MR) is 137 cm³/mol. The molecule has 0 fully saturated rings. The lowest BCUT2D eigenvalue weighted by atomic mass is 10.0. The predicted octanol–water partition coefficient (Wildman–Crippen LogP) is 4.00. The maximum atomic E-state index is 13.4. The van der Waals surface area contributed by atoms with Crippen molar-refractivity contribution in [3.05, 3.63) is 83.9 Å². The maximum Gasteiger partial charge on any atom is 0.328 e. The third-order valence-corrected chi connectivity index (χ3v) is 5.40. The summed E-state index contributed by atoms with van der Waals surface area (Å²) in [6.45, 7) is 3.84. The number of nitrogens with one attached hydrogen (secondary N) is 1. The van der Waals surface area contributed by atoms with Gasteiger partial charge in [-0.05, 0) is 43.7 Å². The van der Waals surface area contributed by atoms with Gasteiger partial charge in [-0.15, -0.1) is 0 Å². The summed E-state index contributed by atoms with van der Waals surface area (Å²) in [5.41, 5.74) is 0.546. The summed E-state index contributed by atoms with van der Waals surface area (Å²) >= 11 is 0. The van der Waals surface area contributed by atoms with Crippen LogP contribution in [0.5, 0.6) is 17.2 Å². The smallest absolute Gasteiger partial charge is 0.328 e.